The molecule has 0 saturated heterocycles. The van der Waals surface area contributed by atoms with Gasteiger partial charge in [-0.3, -0.25) is 9.59 Å². The van der Waals surface area contributed by atoms with Crippen molar-refractivity contribution in [1.29, 1.82) is 0 Å². The molecule has 2 amide bonds. The molecule has 0 bridgehead atoms. The second-order valence-corrected chi connectivity index (χ2v) is 5.36. The molecule has 6 heteroatoms. The Morgan fingerprint density at radius 3 is 2.08 bits per heavy atom. The highest BCUT2D eigenvalue weighted by Gasteiger charge is 2.09. The van der Waals surface area contributed by atoms with Gasteiger partial charge in [0.25, 0.3) is 5.91 Å². The van der Waals surface area contributed by atoms with Gasteiger partial charge in [-0.1, -0.05) is 12.1 Å². The summed E-state index contributed by atoms with van der Waals surface area (Å²) in [6, 6.07) is 13.5. The zero-order valence-electron chi connectivity index (χ0n) is 14.2. The quantitative estimate of drug-likeness (QED) is 0.792. The second kappa shape index (κ2) is 8.63. The van der Waals surface area contributed by atoms with Crippen molar-refractivity contribution in [3.05, 3.63) is 65.2 Å². The second-order valence-electron chi connectivity index (χ2n) is 5.36. The van der Waals surface area contributed by atoms with E-state index < -0.39 is 5.97 Å². The van der Waals surface area contributed by atoms with Crippen LogP contribution in [0.15, 0.2) is 48.5 Å². The third-order valence-corrected chi connectivity index (χ3v) is 3.41. The van der Waals surface area contributed by atoms with E-state index in [0.717, 1.165) is 5.56 Å². The Labute approximate surface area is 146 Å². The van der Waals surface area contributed by atoms with Gasteiger partial charge < -0.3 is 15.4 Å². The average molecular weight is 340 g/mol. The van der Waals surface area contributed by atoms with Gasteiger partial charge in [-0.05, 0) is 48.9 Å². The molecule has 0 aliphatic rings. The summed E-state index contributed by atoms with van der Waals surface area (Å²) in [6.07, 6.45) is 0. The normalized spacial score (nSPS) is 10.0. The molecule has 0 spiro atoms. The maximum atomic E-state index is 12.2. The minimum atomic E-state index is -0.393. The van der Waals surface area contributed by atoms with Crippen LogP contribution in [0.2, 0.25) is 0 Å². The van der Waals surface area contributed by atoms with Crippen molar-refractivity contribution in [2.24, 2.45) is 0 Å². The lowest BCUT2D eigenvalue weighted by Gasteiger charge is -2.08. The number of hydrogen-bond donors (Lipinski definition) is 2. The molecule has 0 aliphatic carbocycles. The number of anilines is 1. The van der Waals surface area contributed by atoms with Gasteiger partial charge in [0, 0.05) is 24.7 Å². The molecule has 0 atom stereocenters. The number of carbonyl (C=O) groups excluding carboxylic acids is 3. The summed E-state index contributed by atoms with van der Waals surface area (Å²) in [4.78, 5) is 34.7. The number of carbonyl (C=O) groups is 3. The van der Waals surface area contributed by atoms with Crippen LogP contribution in [-0.4, -0.2) is 24.4 Å². The summed E-state index contributed by atoms with van der Waals surface area (Å²) in [7, 11) is 0. The van der Waals surface area contributed by atoms with E-state index in [2.05, 4.69) is 10.6 Å². The number of hydrogen-bond acceptors (Lipinski definition) is 4. The molecule has 0 fully saturated rings. The molecular weight excluding hydrogens is 320 g/mol. The summed E-state index contributed by atoms with van der Waals surface area (Å²) >= 11 is 0. The summed E-state index contributed by atoms with van der Waals surface area (Å²) < 4.78 is 4.91. The van der Waals surface area contributed by atoms with Crippen LogP contribution in [0.5, 0.6) is 0 Å². The van der Waals surface area contributed by atoms with E-state index in [4.69, 9.17) is 4.74 Å². The highest BCUT2D eigenvalue weighted by Crippen LogP contribution is 2.13. The lowest BCUT2D eigenvalue weighted by molar-refractivity contribution is -0.119. The summed E-state index contributed by atoms with van der Waals surface area (Å²) in [5.74, 6) is -0.752. The van der Waals surface area contributed by atoms with Crippen LogP contribution in [0, 0.1) is 0 Å². The van der Waals surface area contributed by atoms with Crippen LogP contribution < -0.4 is 10.6 Å². The number of esters is 1. The summed E-state index contributed by atoms with van der Waals surface area (Å²) in [5.41, 5.74) is 2.43. The van der Waals surface area contributed by atoms with Crippen molar-refractivity contribution in [2.75, 3.05) is 11.9 Å². The third kappa shape index (κ3) is 5.46. The molecule has 0 heterocycles. The lowest BCUT2D eigenvalue weighted by Crippen LogP contribution is -2.19. The first-order valence-electron chi connectivity index (χ1n) is 7.91. The molecular formula is C19H20N2O4. The first-order chi connectivity index (χ1) is 12.0. The highest BCUT2D eigenvalue weighted by molar-refractivity contribution is 6.04. The molecule has 2 aromatic carbocycles. The maximum Gasteiger partial charge on any atom is 0.338 e. The Bertz CT molecular complexity index is 752. The smallest absolute Gasteiger partial charge is 0.338 e. The van der Waals surface area contributed by atoms with Gasteiger partial charge in [-0.25, -0.2) is 4.79 Å². The fourth-order valence-corrected chi connectivity index (χ4v) is 2.11. The predicted octanol–water partition coefficient (Wildman–Crippen LogP) is 2.75. The minimum Gasteiger partial charge on any atom is -0.462 e. The number of rotatable bonds is 6. The largest absolute Gasteiger partial charge is 0.462 e. The van der Waals surface area contributed by atoms with Gasteiger partial charge in [0.05, 0.1) is 12.2 Å². The van der Waals surface area contributed by atoms with Crippen molar-refractivity contribution in [2.45, 2.75) is 20.4 Å². The molecule has 2 rings (SSSR count). The van der Waals surface area contributed by atoms with Crippen molar-refractivity contribution >= 4 is 23.5 Å². The minimum absolute atomic E-state index is 0.104. The fraction of sp³-hybridized carbons (Fsp3) is 0.211. The number of amides is 2. The van der Waals surface area contributed by atoms with E-state index in [0.29, 0.717) is 30.0 Å². The van der Waals surface area contributed by atoms with Crippen LogP contribution in [-0.2, 0) is 16.1 Å². The Hall–Kier alpha value is -3.15. The predicted molar refractivity (Wildman–Crippen MR) is 94.3 cm³/mol. The standard InChI is InChI=1S/C19H20N2O4/c1-3-25-19(24)16-8-10-17(11-9-16)21-18(23)15-6-4-14(5-7-15)12-20-13(2)22/h4-11H,3,12H2,1-2H3,(H,20,22)(H,21,23). The zero-order chi connectivity index (χ0) is 18.2. The molecule has 25 heavy (non-hydrogen) atoms. The topological polar surface area (TPSA) is 84.5 Å². The average Bonchev–Trinajstić information content (AvgIpc) is 2.61. The lowest BCUT2D eigenvalue weighted by atomic mass is 10.1. The molecule has 0 unspecified atom stereocenters. The third-order valence-electron chi connectivity index (χ3n) is 3.41. The van der Waals surface area contributed by atoms with Crippen LogP contribution >= 0.6 is 0 Å². The molecule has 0 aliphatic heterocycles. The Morgan fingerprint density at radius 1 is 0.920 bits per heavy atom. The van der Waals surface area contributed by atoms with Gasteiger partial charge in [0.1, 0.15) is 0 Å². The summed E-state index contributed by atoms with van der Waals surface area (Å²) in [6.45, 7) is 3.94. The first-order valence-corrected chi connectivity index (χ1v) is 7.91. The fourth-order valence-electron chi connectivity index (χ4n) is 2.11. The maximum absolute atomic E-state index is 12.2. The van der Waals surface area contributed by atoms with Crippen LogP contribution in [0.1, 0.15) is 40.1 Å². The molecule has 0 radical (unpaired) electrons. The monoisotopic (exact) mass is 340 g/mol. The molecule has 2 N–H and O–H groups in total. The zero-order valence-corrected chi connectivity index (χ0v) is 14.2. The highest BCUT2D eigenvalue weighted by atomic mass is 16.5. The van der Waals surface area contributed by atoms with Crippen molar-refractivity contribution < 1.29 is 19.1 Å². The van der Waals surface area contributed by atoms with Gasteiger partial charge in [0.2, 0.25) is 5.91 Å². The Kier molecular flexibility index (Phi) is 6.28. The van der Waals surface area contributed by atoms with Crippen LogP contribution in [0.4, 0.5) is 5.69 Å². The van der Waals surface area contributed by atoms with E-state index in [-0.39, 0.29) is 11.8 Å². The SMILES string of the molecule is CCOC(=O)c1ccc(NC(=O)c2ccc(CNC(C)=O)cc2)cc1. The van der Waals surface area contributed by atoms with Crippen molar-refractivity contribution in [3.8, 4) is 0 Å². The van der Waals surface area contributed by atoms with E-state index in [1.807, 2.05) is 0 Å². The molecule has 0 saturated carbocycles. The van der Waals surface area contributed by atoms with E-state index in [9.17, 15) is 14.4 Å². The van der Waals surface area contributed by atoms with Gasteiger partial charge >= 0.3 is 5.97 Å². The molecule has 0 aromatic heterocycles. The van der Waals surface area contributed by atoms with Crippen molar-refractivity contribution in [3.63, 3.8) is 0 Å². The first kappa shape index (κ1) is 18.2. The summed E-state index contributed by atoms with van der Waals surface area (Å²) in [5, 5.41) is 5.46. The molecule has 6 nitrogen and oxygen atoms in total. The van der Waals surface area contributed by atoms with Crippen LogP contribution in [0.3, 0.4) is 0 Å². The van der Waals surface area contributed by atoms with E-state index in [1.54, 1.807) is 55.5 Å². The Balaban J connectivity index is 1.97. The van der Waals surface area contributed by atoms with E-state index in [1.165, 1.54) is 6.92 Å². The van der Waals surface area contributed by atoms with Gasteiger partial charge in [-0.2, -0.15) is 0 Å². The van der Waals surface area contributed by atoms with Crippen molar-refractivity contribution in [1.82, 2.24) is 5.32 Å². The molecule has 130 valence electrons. The molecule has 2 aromatic rings. The van der Waals surface area contributed by atoms with E-state index >= 15 is 0 Å². The number of ether oxygens (including phenoxy) is 1. The number of benzene rings is 2. The Morgan fingerprint density at radius 2 is 1.52 bits per heavy atom. The van der Waals surface area contributed by atoms with Gasteiger partial charge in [-0.15, -0.1) is 0 Å². The number of nitrogens with one attached hydrogen (secondary N) is 2. The van der Waals surface area contributed by atoms with Crippen LogP contribution in [0.25, 0.3) is 0 Å². The van der Waals surface area contributed by atoms with Gasteiger partial charge in [0.15, 0.2) is 0 Å².